The molecule has 48 heavy (non-hydrogen) atoms. The van der Waals surface area contributed by atoms with Crippen molar-refractivity contribution in [1.29, 1.82) is 0 Å². The van der Waals surface area contributed by atoms with Crippen molar-refractivity contribution < 1.29 is 54.1 Å². The van der Waals surface area contributed by atoms with Crippen LogP contribution in [0.25, 0.3) is 4.91 Å². The molecule has 1 atom stereocenters. The second-order valence-corrected chi connectivity index (χ2v) is 13.9. The van der Waals surface area contributed by atoms with Crippen LogP contribution in [0.3, 0.4) is 0 Å². The molecule has 0 aliphatic heterocycles. The van der Waals surface area contributed by atoms with E-state index in [1.54, 1.807) is 6.92 Å². The molecule has 0 aliphatic carbocycles. The first-order valence-corrected chi connectivity index (χ1v) is 17.2. The van der Waals surface area contributed by atoms with Gasteiger partial charge in [0, 0.05) is 16.5 Å². The number of hydrogen-bond acceptors (Lipinski definition) is 16. The number of methoxy groups -OCH3 is 1. The molecule has 0 radical (unpaired) electrons. The third-order valence-electron chi connectivity index (χ3n) is 6.54. The normalized spacial score (nSPS) is 13.3. The number of aliphatic hydroxyl groups is 1. The number of nitrogens with zero attached hydrogens (tertiary/aromatic N) is 2. The summed E-state index contributed by atoms with van der Waals surface area (Å²) in [6.07, 6.45) is 0. The predicted octanol–water partition coefficient (Wildman–Crippen LogP) is -0.603. The van der Waals surface area contributed by atoms with E-state index in [0.717, 1.165) is 6.07 Å². The minimum absolute atomic E-state index is 0.0469. The van der Waals surface area contributed by atoms with E-state index in [9.17, 15) is 50.2 Å². The number of rotatable bonds is 14. The first-order chi connectivity index (χ1) is 22.3. The SMILES string of the molecule is C=C(c1cc(OC)c(N/N=c2/c(C(=O)O)cc(=O)/c(=N\Nc3cc(C)c(S(=O)(=O)CCOS(=O)(=O)O)cc3CO)c2=O)cc1C)S(=O)[O-]. The van der Waals surface area contributed by atoms with Gasteiger partial charge in [-0.05, 0) is 65.9 Å². The van der Waals surface area contributed by atoms with Crippen LogP contribution in [0.1, 0.15) is 32.6 Å². The van der Waals surface area contributed by atoms with Crippen molar-refractivity contribution in [3.05, 3.63) is 95.9 Å². The Kier molecular flexibility index (Phi) is 11.9. The summed E-state index contributed by atoms with van der Waals surface area (Å²) >= 11 is -2.64. The molecule has 1 unspecified atom stereocenters. The summed E-state index contributed by atoms with van der Waals surface area (Å²) in [4.78, 5) is 37.4. The number of aromatic carboxylic acids is 1. The van der Waals surface area contributed by atoms with Gasteiger partial charge in [-0.25, -0.2) is 17.4 Å². The summed E-state index contributed by atoms with van der Waals surface area (Å²) in [5.41, 5.74) is 2.39. The van der Waals surface area contributed by atoms with Gasteiger partial charge in [0.2, 0.25) is 10.9 Å². The van der Waals surface area contributed by atoms with E-state index in [4.69, 9.17) is 9.29 Å². The van der Waals surface area contributed by atoms with E-state index in [0.29, 0.717) is 11.6 Å². The highest BCUT2D eigenvalue weighted by molar-refractivity contribution is 7.91. The molecule has 21 heteroatoms. The van der Waals surface area contributed by atoms with Crippen LogP contribution in [0, 0.1) is 13.8 Å². The van der Waals surface area contributed by atoms with E-state index >= 15 is 0 Å². The number of aryl methyl sites for hydroxylation is 2. The molecule has 0 fully saturated rings. The average Bonchev–Trinajstić information content (AvgIpc) is 2.98. The van der Waals surface area contributed by atoms with Gasteiger partial charge in [-0.3, -0.25) is 29.2 Å². The fourth-order valence-corrected chi connectivity index (χ4v) is 6.41. The van der Waals surface area contributed by atoms with Crippen molar-refractivity contribution in [3.63, 3.8) is 0 Å². The number of benzene rings is 3. The molecule has 18 nitrogen and oxygen atoms in total. The minimum Gasteiger partial charge on any atom is -0.768 e. The standard InChI is InChI=1S/C27H28N4O14S3/c1-13-7-20(22(44-4)11-17(13)15(3)46(37)38)29-30-24-18(27(35)36)10-21(33)25(26(24)34)31-28-19-8-14(2)23(9-16(19)12-32)47(39,40)6-5-45-48(41,42)43/h7-11,28-29,32H,3,5-6,12H2,1-2,4H3,(H,35,36)(H,37,38)(H,41,42,43)/p-1/b30-24-,31-25+. The maximum Gasteiger partial charge on any atom is 0.397 e. The Hall–Kier alpha value is -4.64. The second kappa shape index (κ2) is 15.1. The number of ether oxygens (including phenoxy) is 1. The maximum atomic E-state index is 13.3. The number of carboxylic acids is 1. The lowest BCUT2D eigenvalue weighted by Crippen LogP contribution is -2.50. The van der Waals surface area contributed by atoms with Crippen LogP contribution in [0.5, 0.6) is 5.75 Å². The lowest BCUT2D eigenvalue weighted by molar-refractivity contribution is 0.0694. The van der Waals surface area contributed by atoms with Gasteiger partial charge in [-0.15, -0.1) is 0 Å². The van der Waals surface area contributed by atoms with Gasteiger partial charge in [0.15, 0.2) is 15.2 Å². The molecule has 5 N–H and O–H groups in total. The maximum absolute atomic E-state index is 13.3. The van der Waals surface area contributed by atoms with E-state index in [1.165, 1.54) is 32.2 Å². The molecule has 0 saturated heterocycles. The van der Waals surface area contributed by atoms with E-state index in [1.807, 2.05) is 0 Å². The zero-order chi connectivity index (χ0) is 36.1. The van der Waals surface area contributed by atoms with Gasteiger partial charge >= 0.3 is 16.4 Å². The molecule has 0 bridgehead atoms. The molecular formula is C27H27N4O14S3-. The summed E-state index contributed by atoms with van der Waals surface area (Å²) in [5.74, 6) is -2.48. The van der Waals surface area contributed by atoms with E-state index in [-0.39, 0.29) is 43.6 Å². The highest BCUT2D eigenvalue weighted by atomic mass is 32.3. The number of nitrogens with one attached hydrogen (secondary N) is 2. The molecule has 3 rings (SSSR count). The number of carboxylic acid groups (broad SMARTS) is 1. The van der Waals surface area contributed by atoms with Crippen molar-refractivity contribution >= 4 is 53.6 Å². The highest BCUT2D eigenvalue weighted by Crippen LogP contribution is 2.32. The Morgan fingerprint density at radius 1 is 0.979 bits per heavy atom. The van der Waals surface area contributed by atoms with Crippen LogP contribution in [0.2, 0.25) is 0 Å². The Labute approximate surface area is 274 Å². The number of sulfone groups is 1. The Morgan fingerprint density at radius 2 is 1.58 bits per heavy atom. The largest absolute Gasteiger partial charge is 0.768 e. The van der Waals surface area contributed by atoms with Gasteiger partial charge in [0.25, 0.3) is 0 Å². The molecule has 258 valence electrons. The van der Waals surface area contributed by atoms with Gasteiger partial charge in [0.05, 0.1) is 47.9 Å². The second-order valence-electron chi connectivity index (χ2n) is 9.73. The van der Waals surface area contributed by atoms with Crippen molar-refractivity contribution in [3.8, 4) is 5.75 Å². The predicted molar refractivity (Wildman–Crippen MR) is 169 cm³/mol. The third kappa shape index (κ3) is 8.83. The van der Waals surface area contributed by atoms with Crippen molar-refractivity contribution in [1.82, 2.24) is 0 Å². The highest BCUT2D eigenvalue weighted by Gasteiger charge is 2.21. The number of carbonyl (C=O) groups is 1. The Morgan fingerprint density at radius 3 is 2.15 bits per heavy atom. The molecule has 0 aromatic heterocycles. The first-order valence-electron chi connectivity index (χ1n) is 13.1. The molecule has 0 spiro atoms. The number of hydrogen-bond donors (Lipinski definition) is 5. The van der Waals surface area contributed by atoms with E-state index < -0.39 is 83.4 Å². The lowest BCUT2D eigenvalue weighted by Gasteiger charge is -2.16. The van der Waals surface area contributed by atoms with Crippen LogP contribution in [0.4, 0.5) is 11.4 Å². The first kappa shape index (κ1) is 37.8. The monoisotopic (exact) mass is 727 g/mol. The molecule has 3 aromatic carbocycles. The molecular weight excluding hydrogens is 701 g/mol. The summed E-state index contributed by atoms with van der Waals surface area (Å²) < 4.78 is 87.7. The fraction of sp³-hybridized carbons (Fsp3) is 0.222. The van der Waals surface area contributed by atoms with Crippen LogP contribution in [-0.2, 0) is 42.1 Å². The van der Waals surface area contributed by atoms with Crippen LogP contribution in [0.15, 0.2) is 61.6 Å². The summed E-state index contributed by atoms with van der Waals surface area (Å²) in [6, 6.07) is 5.58. The number of aliphatic hydroxyl groups excluding tert-OH is 1. The lowest BCUT2D eigenvalue weighted by atomic mass is 10.1. The summed E-state index contributed by atoms with van der Waals surface area (Å²) in [7, 11) is -7.82. The van der Waals surface area contributed by atoms with Crippen molar-refractivity contribution in [2.24, 2.45) is 10.2 Å². The Balaban J connectivity index is 2.10. The molecule has 0 amide bonds. The molecule has 3 aromatic rings. The topological polar surface area (TPSA) is 288 Å². The van der Waals surface area contributed by atoms with Crippen molar-refractivity contribution in [2.45, 2.75) is 25.3 Å². The molecule has 0 heterocycles. The zero-order valence-corrected chi connectivity index (χ0v) is 27.6. The van der Waals surface area contributed by atoms with Crippen LogP contribution < -0.4 is 37.2 Å². The number of anilines is 2. The average molecular weight is 728 g/mol. The van der Waals surface area contributed by atoms with Gasteiger partial charge < -0.3 is 19.5 Å². The van der Waals surface area contributed by atoms with Gasteiger partial charge in [-0.1, -0.05) is 6.58 Å². The summed E-state index contributed by atoms with van der Waals surface area (Å²) in [5, 5.41) is 25.6. The molecule has 0 aliphatic rings. The Bertz CT molecular complexity index is 2280. The third-order valence-corrected chi connectivity index (χ3v) is 9.44. The van der Waals surface area contributed by atoms with Gasteiger partial charge in [-0.2, -0.15) is 18.6 Å². The van der Waals surface area contributed by atoms with E-state index in [2.05, 4.69) is 31.8 Å². The molecule has 0 saturated carbocycles. The quantitative estimate of drug-likeness (QED) is 0.0787. The minimum atomic E-state index is -4.89. The van der Waals surface area contributed by atoms with Crippen molar-refractivity contribution in [2.75, 3.05) is 30.3 Å². The van der Waals surface area contributed by atoms with Crippen LogP contribution >= 0.6 is 0 Å². The smallest absolute Gasteiger partial charge is 0.397 e. The fourth-order valence-electron chi connectivity index (χ4n) is 4.22. The zero-order valence-electron chi connectivity index (χ0n) is 25.2. The van der Waals surface area contributed by atoms with Crippen LogP contribution in [-0.4, -0.2) is 65.8 Å². The van der Waals surface area contributed by atoms with Gasteiger partial charge in [0.1, 0.15) is 11.1 Å². The summed E-state index contributed by atoms with van der Waals surface area (Å²) in [6.45, 7) is 4.74.